The Morgan fingerprint density at radius 1 is 1.50 bits per heavy atom. The van der Waals surface area contributed by atoms with E-state index in [1.807, 2.05) is 0 Å². The summed E-state index contributed by atoms with van der Waals surface area (Å²) in [4.78, 5) is 13.1. The summed E-state index contributed by atoms with van der Waals surface area (Å²) >= 11 is 5.80. The van der Waals surface area contributed by atoms with Crippen molar-refractivity contribution in [3.8, 4) is 0 Å². The number of carbonyl (C=O) groups is 1. The first kappa shape index (κ1) is 11.4. The van der Waals surface area contributed by atoms with Gasteiger partial charge in [-0.05, 0) is 18.2 Å². The molecule has 2 N–H and O–H groups in total. The predicted octanol–water partition coefficient (Wildman–Crippen LogP) is 0.930. The molecule has 0 aromatic heterocycles. The molecule has 1 amide bonds. The summed E-state index contributed by atoms with van der Waals surface area (Å²) < 4.78 is 0. The Hall–Kier alpha value is -1.10. The Kier molecular flexibility index (Phi) is 3.14. The topological polar surface area (TPSA) is 60.8 Å². The van der Waals surface area contributed by atoms with Gasteiger partial charge in [-0.15, -0.1) is 0 Å². The molecule has 5 heteroatoms. The molecule has 0 saturated carbocycles. The number of benzene rings is 1. The molecule has 0 radical (unpaired) electrons. The number of hydrogen-bond acceptors (Lipinski definition) is 3. The van der Waals surface area contributed by atoms with Crippen LogP contribution in [-0.2, 0) is 11.4 Å². The molecule has 16 heavy (non-hydrogen) atoms. The minimum Gasteiger partial charge on any atom is -0.392 e. The molecular weight excluding hydrogens is 230 g/mol. The second-order valence-corrected chi connectivity index (χ2v) is 4.23. The van der Waals surface area contributed by atoms with Crippen molar-refractivity contribution in [2.24, 2.45) is 0 Å². The second-order valence-electron chi connectivity index (χ2n) is 3.79. The van der Waals surface area contributed by atoms with Crippen molar-refractivity contribution in [1.29, 1.82) is 0 Å². The highest BCUT2D eigenvalue weighted by Gasteiger charge is 2.30. The molecule has 1 unspecified atom stereocenters. The fraction of sp³-hybridized carbons (Fsp3) is 0.364. The normalized spacial score (nSPS) is 20.6. The first-order chi connectivity index (χ1) is 7.61. The van der Waals surface area contributed by atoms with E-state index >= 15 is 0 Å². The monoisotopic (exact) mass is 241 g/mol. The van der Waals surface area contributed by atoms with Crippen molar-refractivity contribution < 1.29 is 15.0 Å². The summed E-state index contributed by atoms with van der Waals surface area (Å²) in [7, 11) is 0. The van der Waals surface area contributed by atoms with Crippen molar-refractivity contribution in [3.05, 3.63) is 28.8 Å². The molecular formula is C11H12ClNO3. The van der Waals surface area contributed by atoms with Crippen molar-refractivity contribution >= 4 is 23.2 Å². The van der Waals surface area contributed by atoms with Crippen LogP contribution >= 0.6 is 11.6 Å². The van der Waals surface area contributed by atoms with Gasteiger partial charge in [0, 0.05) is 16.3 Å². The minimum atomic E-state index is -0.630. The molecule has 1 aromatic carbocycles. The van der Waals surface area contributed by atoms with E-state index in [9.17, 15) is 15.0 Å². The molecule has 1 fully saturated rings. The van der Waals surface area contributed by atoms with Crippen LogP contribution in [-0.4, -0.2) is 28.8 Å². The van der Waals surface area contributed by atoms with Crippen LogP contribution in [0.3, 0.4) is 0 Å². The summed E-state index contributed by atoms with van der Waals surface area (Å²) in [6.45, 7) is 0.0865. The van der Waals surface area contributed by atoms with Gasteiger partial charge in [-0.25, -0.2) is 0 Å². The molecule has 1 atom stereocenters. The number of nitrogens with zero attached hydrogens (tertiary/aromatic N) is 1. The summed E-state index contributed by atoms with van der Waals surface area (Å²) in [5.74, 6) is -0.135. The van der Waals surface area contributed by atoms with E-state index in [1.54, 1.807) is 18.2 Å². The van der Waals surface area contributed by atoms with E-state index < -0.39 is 6.10 Å². The van der Waals surface area contributed by atoms with E-state index in [0.717, 1.165) is 0 Å². The predicted molar refractivity (Wildman–Crippen MR) is 60.4 cm³/mol. The van der Waals surface area contributed by atoms with Gasteiger partial charge in [0.1, 0.15) is 0 Å². The Balaban J connectivity index is 2.36. The number of carbonyl (C=O) groups excluding carboxylic acids is 1. The van der Waals surface area contributed by atoms with Crippen LogP contribution in [0, 0.1) is 0 Å². The standard InChI is InChI=1S/C11H12ClNO3/c12-8-1-2-10(7(3-8)6-14)13-5-9(15)4-11(13)16/h1-3,9,14-15H,4-6H2. The summed E-state index contributed by atoms with van der Waals surface area (Å²) in [6.07, 6.45) is -0.497. The molecule has 1 aliphatic heterocycles. The lowest BCUT2D eigenvalue weighted by Crippen LogP contribution is -2.26. The highest BCUT2D eigenvalue weighted by molar-refractivity contribution is 6.30. The molecule has 1 aromatic rings. The van der Waals surface area contributed by atoms with Crippen molar-refractivity contribution in [2.75, 3.05) is 11.4 Å². The van der Waals surface area contributed by atoms with Crippen LogP contribution < -0.4 is 4.90 Å². The van der Waals surface area contributed by atoms with Gasteiger partial charge in [-0.1, -0.05) is 11.6 Å². The molecule has 4 nitrogen and oxygen atoms in total. The van der Waals surface area contributed by atoms with Crippen LogP contribution in [0.5, 0.6) is 0 Å². The first-order valence-electron chi connectivity index (χ1n) is 4.99. The smallest absolute Gasteiger partial charge is 0.229 e. The Morgan fingerprint density at radius 2 is 2.25 bits per heavy atom. The zero-order valence-corrected chi connectivity index (χ0v) is 9.31. The Morgan fingerprint density at radius 3 is 2.81 bits per heavy atom. The lowest BCUT2D eigenvalue weighted by Gasteiger charge is -2.19. The van der Waals surface area contributed by atoms with Gasteiger partial charge < -0.3 is 15.1 Å². The van der Waals surface area contributed by atoms with Crippen molar-refractivity contribution in [1.82, 2.24) is 0 Å². The highest BCUT2D eigenvalue weighted by Crippen LogP contribution is 2.28. The van der Waals surface area contributed by atoms with Crippen LogP contribution in [0.4, 0.5) is 5.69 Å². The van der Waals surface area contributed by atoms with E-state index in [0.29, 0.717) is 16.3 Å². The summed E-state index contributed by atoms with van der Waals surface area (Å²) in [5, 5.41) is 19.1. The number of anilines is 1. The summed E-state index contributed by atoms with van der Waals surface area (Å²) in [6, 6.07) is 4.97. The average molecular weight is 242 g/mol. The zero-order valence-electron chi connectivity index (χ0n) is 8.56. The molecule has 1 saturated heterocycles. The quantitative estimate of drug-likeness (QED) is 0.810. The van der Waals surface area contributed by atoms with E-state index in [4.69, 9.17) is 11.6 Å². The maximum atomic E-state index is 11.6. The molecule has 2 rings (SSSR count). The minimum absolute atomic E-state index is 0.132. The second kappa shape index (κ2) is 4.41. The number of β-amino-alcohol motifs (C(OH)–C–C–N with tert-alkyl or cyclic N) is 1. The van der Waals surface area contributed by atoms with Gasteiger partial charge in [0.25, 0.3) is 0 Å². The Labute approximate surface area is 98.1 Å². The fourth-order valence-electron chi connectivity index (χ4n) is 1.87. The maximum absolute atomic E-state index is 11.6. The fourth-order valence-corrected chi connectivity index (χ4v) is 2.06. The molecule has 1 aliphatic rings. The lowest BCUT2D eigenvalue weighted by atomic mass is 10.1. The SMILES string of the molecule is O=C1CC(O)CN1c1ccc(Cl)cc1CO. The first-order valence-corrected chi connectivity index (χ1v) is 5.37. The number of aliphatic hydroxyl groups is 2. The number of halogens is 1. The van der Waals surface area contributed by atoms with Crippen LogP contribution in [0.15, 0.2) is 18.2 Å². The van der Waals surface area contributed by atoms with E-state index in [1.165, 1.54) is 4.90 Å². The van der Waals surface area contributed by atoms with Crippen molar-refractivity contribution in [2.45, 2.75) is 19.1 Å². The van der Waals surface area contributed by atoms with Gasteiger partial charge in [0.15, 0.2) is 0 Å². The zero-order chi connectivity index (χ0) is 11.7. The molecule has 1 heterocycles. The molecule has 0 spiro atoms. The van der Waals surface area contributed by atoms with Gasteiger partial charge in [-0.3, -0.25) is 4.79 Å². The van der Waals surface area contributed by atoms with Gasteiger partial charge in [-0.2, -0.15) is 0 Å². The maximum Gasteiger partial charge on any atom is 0.229 e. The third-order valence-corrected chi connectivity index (χ3v) is 2.84. The number of hydrogen-bond donors (Lipinski definition) is 2. The van der Waals surface area contributed by atoms with Crippen LogP contribution in [0.2, 0.25) is 5.02 Å². The van der Waals surface area contributed by atoms with Crippen molar-refractivity contribution in [3.63, 3.8) is 0 Å². The summed E-state index contributed by atoms with van der Waals surface area (Å²) in [5.41, 5.74) is 1.21. The molecule has 86 valence electrons. The largest absolute Gasteiger partial charge is 0.392 e. The third-order valence-electron chi connectivity index (χ3n) is 2.61. The van der Waals surface area contributed by atoms with Gasteiger partial charge >= 0.3 is 0 Å². The molecule has 0 bridgehead atoms. The van der Waals surface area contributed by atoms with Gasteiger partial charge in [0.05, 0.1) is 25.7 Å². The third kappa shape index (κ3) is 2.04. The lowest BCUT2D eigenvalue weighted by molar-refractivity contribution is -0.117. The van der Waals surface area contributed by atoms with E-state index in [2.05, 4.69) is 0 Å². The number of amides is 1. The van der Waals surface area contributed by atoms with Crippen LogP contribution in [0.25, 0.3) is 0 Å². The number of aliphatic hydroxyl groups excluding tert-OH is 2. The average Bonchev–Trinajstić information content (AvgIpc) is 2.57. The van der Waals surface area contributed by atoms with E-state index in [-0.39, 0.29) is 25.5 Å². The van der Waals surface area contributed by atoms with Crippen LogP contribution in [0.1, 0.15) is 12.0 Å². The van der Waals surface area contributed by atoms with Gasteiger partial charge in [0.2, 0.25) is 5.91 Å². The Bertz CT molecular complexity index is 422. The molecule has 0 aliphatic carbocycles. The number of rotatable bonds is 2. The highest BCUT2D eigenvalue weighted by atomic mass is 35.5.